The zero-order valence-corrected chi connectivity index (χ0v) is 15.3. The predicted molar refractivity (Wildman–Crippen MR) is 92.5 cm³/mol. The SMILES string of the molecule is CCC(C)NC(=O)COC(=O)CNC(=O)C12CC3CC(CC(C3)C1)C2. The van der Waals surface area contributed by atoms with Gasteiger partial charge in [0.2, 0.25) is 5.91 Å². The summed E-state index contributed by atoms with van der Waals surface area (Å²) in [7, 11) is 0. The zero-order valence-electron chi connectivity index (χ0n) is 15.3. The Balaban J connectivity index is 1.42. The largest absolute Gasteiger partial charge is 0.454 e. The van der Waals surface area contributed by atoms with E-state index in [1.54, 1.807) is 0 Å². The minimum absolute atomic E-state index is 0.00704. The van der Waals surface area contributed by atoms with Gasteiger partial charge in [-0.2, -0.15) is 0 Å². The number of amides is 2. The number of esters is 1. The molecule has 4 bridgehead atoms. The van der Waals surface area contributed by atoms with E-state index in [0.29, 0.717) is 17.8 Å². The van der Waals surface area contributed by atoms with Crippen LogP contribution in [0.1, 0.15) is 58.8 Å². The lowest BCUT2D eigenvalue weighted by Gasteiger charge is -2.55. The lowest BCUT2D eigenvalue weighted by Crippen LogP contribution is -2.54. The van der Waals surface area contributed by atoms with Crippen molar-refractivity contribution in [3.63, 3.8) is 0 Å². The van der Waals surface area contributed by atoms with Gasteiger partial charge in [-0.25, -0.2) is 0 Å². The van der Waals surface area contributed by atoms with Gasteiger partial charge < -0.3 is 15.4 Å². The molecule has 0 spiro atoms. The van der Waals surface area contributed by atoms with Gasteiger partial charge in [-0.05, 0) is 69.6 Å². The highest BCUT2D eigenvalue weighted by Crippen LogP contribution is 2.60. The fourth-order valence-electron chi connectivity index (χ4n) is 5.34. The van der Waals surface area contributed by atoms with Crippen LogP contribution in [-0.2, 0) is 19.1 Å². The summed E-state index contributed by atoms with van der Waals surface area (Å²) in [6.45, 7) is 3.41. The van der Waals surface area contributed by atoms with Gasteiger partial charge in [0, 0.05) is 11.5 Å². The summed E-state index contributed by atoms with van der Waals surface area (Å²) in [6.07, 6.45) is 7.56. The van der Waals surface area contributed by atoms with Crippen LogP contribution in [-0.4, -0.2) is 37.0 Å². The van der Waals surface area contributed by atoms with Gasteiger partial charge in [-0.3, -0.25) is 14.4 Å². The number of carbonyl (C=O) groups is 3. The van der Waals surface area contributed by atoms with Gasteiger partial charge in [0.15, 0.2) is 6.61 Å². The molecule has 140 valence electrons. The van der Waals surface area contributed by atoms with Crippen LogP contribution in [0.3, 0.4) is 0 Å². The zero-order chi connectivity index (χ0) is 18.0. The average Bonchev–Trinajstić information content (AvgIpc) is 2.56. The van der Waals surface area contributed by atoms with Gasteiger partial charge in [0.05, 0.1) is 0 Å². The Hall–Kier alpha value is -1.59. The molecular weight excluding hydrogens is 320 g/mol. The molecule has 0 aromatic heterocycles. The molecule has 4 aliphatic carbocycles. The van der Waals surface area contributed by atoms with Crippen molar-refractivity contribution in [3.8, 4) is 0 Å². The van der Waals surface area contributed by atoms with Gasteiger partial charge in [-0.1, -0.05) is 6.92 Å². The third kappa shape index (κ3) is 4.15. The maximum atomic E-state index is 12.7. The smallest absolute Gasteiger partial charge is 0.325 e. The van der Waals surface area contributed by atoms with Crippen molar-refractivity contribution >= 4 is 17.8 Å². The van der Waals surface area contributed by atoms with E-state index in [1.165, 1.54) is 19.3 Å². The third-order valence-electron chi connectivity index (χ3n) is 6.30. The minimum Gasteiger partial charge on any atom is -0.454 e. The molecule has 2 N–H and O–H groups in total. The van der Waals surface area contributed by atoms with E-state index >= 15 is 0 Å². The highest BCUT2D eigenvalue weighted by Gasteiger charge is 2.54. The molecule has 0 aliphatic heterocycles. The molecule has 1 unspecified atom stereocenters. The van der Waals surface area contributed by atoms with Crippen LogP contribution in [0.2, 0.25) is 0 Å². The molecule has 6 nitrogen and oxygen atoms in total. The molecule has 4 rings (SSSR count). The molecule has 0 heterocycles. The summed E-state index contributed by atoms with van der Waals surface area (Å²) in [5, 5.41) is 5.51. The van der Waals surface area contributed by atoms with Crippen molar-refractivity contribution in [1.82, 2.24) is 10.6 Å². The van der Waals surface area contributed by atoms with Crippen LogP contribution in [0.4, 0.5) is 0 Å². The Morgan fingerprint density at radius 1 is 1.08 bits per heavy atom. The summed E-state index contributed by atoms with van der Waals surface area (Å²) in [5.41, 5.74) is -0.261. The molecule has 0 aromatic rings. The number of nitrogens with one attached hydrogen (secondary N) is 2. The van der Waals surface area contributed by atoms with Crippen LogP contribution >= 0.6 is 0 Å². The van der Waals surface area contributed by atoms with Crippen LogP contribution in [0, 0.1) is 23.2 Å². The Labute approximate surface area is 149 Å². The average molecular weight is 350 g/mol. The normalized spacial score (nSPS) is 33.6. The molecule has 25 heavy (non-hydrogen) atoms. The standard InChI is InChI=1S/C19H30N2O4/c1-3-12(2)21-16(22)11-25-17(23)10-20-18(24)19-7-13-4-14(8-19)6-15(5-13)9-19/h12-15H,3-11H2,1-2H3,(H,20,24)(H,21,22). The first-order valence-corrected chi connectivity index (χ1v) is 9.63. The number of hydrogen-bond acceptors (Lipinski definition) is 4. The molecular formula is C19H30N2O4. The van der Waals surface area contributed by atoms with E-state index < -0.39 is 5.97 Å². The van der Waals surface area contributed by atoms with Crippen LogP contribution in [0.25, 0.3) is 0 Å². The minimum atomic E-state index is -0.558. The first-order chi connectivity index (χ1) is 11.9. The third-order valence-corrected chi connectivity index (χ3v) is 6.30. The van der Waals surface area contributed by atoms with Crippen molar-refractivity contribution in [2.75, 3.05) is 13.2 Å². The predicted octanol–water partition coefficient (Wildman–Crippen LogP) is 1.78. The van der Waals surface area contributed by atoms with Crippen molar-refractivity contribution in [3.05, 3.63) is 0 Å². The molecule has 1 atom stereocenters. The fourth-order valence-corrected chi connectivity index (χ4v) is 5.34. The van der Waals surface area contributed by atoms with E-state index in [2.05, 4.69) is 10.6 Å². The summed E-state index contributed by atoms with van der Waals surface area (Å²) in [5.74, 6) is 1.20. The monoisotopic (exact) mass is 350 g/mol. The molecule has 4 saturated carbocycles. The second kappa shape index (κ2) is 7.34. The molecule has 0 radical (unpaired) electrons. The summed E-state index contributed by atoms with van der Waals surface area (Å²) in [4.78, 5) is 36.2. The highest BCUT2D eigenvalue weighted by atomic mass is 16.5. The van der Waals surface area contributed by atoms with Crippen molar-refractivity contribution < 1.29 is 19.1 Å². The summed E-state index contributed by atoms with van der Waals surface area (Å²) >= 11 is 0. The first-order valence-electron chi connectivity index (χ1n) is 9.63. The molecule has 0 saturated heterocycles. The maximum Gasteiger partial charge on any atom is 0.325 e. The van der Waals surface area contributed by atoms with Gasteiger partial charge >= 0.3 is 5.97 Å². The van der Waals surface area contributed by atoms with Crippen molar-refractivity contribution in [2.45, 2.75) is 64.8 Å². The quantitative estimate of drug-likeness (QED) is 0.686. The fraction of sp³-hybridized carbons (Fsp3) is 0.842. The van der Waals surface area contributed by atoms with E-state index in [-0.39, 0.29) is 36.4 Å². The molecule has 2 amide bonds. The van der Waals surface area contributed by atoms with Crippen molar-refractivity contribution in [2.24, 2.45) is 23.2 Å². The molecule has 4 fully saturated rings. The Bertz CT molecular complexity index is 510. The van der Waals surface area contributed by atoms with E-state index in [4.69, 9.17) is 4.74 Å². The number of ether oxygens (including phenoxy) is 1. The highest BCUT2D eigenvalue weighted by molar-refractivity contribution is 5.87. The lowest BCUT2D eigenvalue weighted by molar-refractivity contribution is -0.152. The Morgan fingerprint density at radius 2 is 1.64 bits per heavy atom. The first kappa shape index (κ1) is 18.2. The molecule has 4 aliphatic rings. The Morgan fingerprint density at radius 3 is 2.16 bits per heavy atom. The van der Waals surface area contributed by atoms with Crippen LogP contribution in [0.5, 0.6) is 0 Å². The van der Waals surface area contributed by atoms with Gasteiger partial charge in [0.1, 0.15) is 6.54 Å². The van der Waals surface area contributed by atoms with Crippen molar-refractivity contribution in [1.29, 1.82) is 0 Å². The van der Waals surface area contributed by atoms with Crippen LogP contribution < -0.4 is 10.6 Å². The second-order valence-electron chi connectivity index (χ2n) is 8.42. The lowest BCUT2D eigenvalue weighted by atomic mass is 9.49. The molecule has 0 aromatic carbocycles. The number of carbonyl (C=O) groups excluding carboxylic acids is 3. The van der Waals surface area contributed by atoms with E-state index in [1.807, 2.05) is 13.8 Å². The maximum absolute atomic E-state index is 12.7. The van der Waals surface area contributed by atoms with Gasteiger partial charge in [-0.15, -0.1) is 0 Å². The molecule has 6 heteroatoms. The number of hydrogen-bond donors (Lipinski definition) is 2. The summed E-state index contributed by atoms with van der Waals surface area (Å²) < 4.78 is 4.95. The van der Waals surface area contributed by atoms with E-state index in [0.717, 1.165) is 25.7 Å². The van der Waals surface area contributed by atoms with Gasteiger partial charge in [0.25, 0.3) is 5.91 Å². The number of rotatable bonds is 7. The van der Waals surface area contributed by atoms with Crippen LogP contribution in [0.15, 0.2) is 0 Å². The van der Waals surface area contributed by atoms with E-state index in [9.17, 15) is 14.4 Å². The summed E-state index contributed by atoms with van der Waals surface area (Å²) in [6, 6.07) is 0.0574. The topological polar surface area (TPSA) is 84.5 Å². The Kier molecular flexibility index (Phi) is 5.35. The second-order valence-corrected chi connectivity index (χ2v) is 8.42.